The molecule has 3 nitrogen and oxygen atoms in total. The van der Waals surface area contributed by atoms with E-state index in [1.54, 1.807) is 17.0 Å². The van der Waals surface area contributed by atoms with Gasteiger partial charge in [-0.1, -0.05) is 18.5 Å². The molecule has 1 amide bonds. The first-order valence-corrected chi connectivity index (χ1v) is 6.07. The summed E-state index contributed by atoms with van der Waals surface area (Å²) in [7, 11) is 0. The van der Waals surface area contributed by atoms with Crippen LogP contribution in [-0.2, 0) is 0 Å². The van der Waals surface area contributed by atoms with E-state index in [0.29, 0.717) is 21.7 Å². The van der Waals surface area contributed by atoms with E-state index in [4.69, 9.17) is 17.3 Å². The summed E-state index contributed by atoms with van der Waals surface area (Å²) in [6.07, 6.45) is 0. The second-order valence-corrected chi connectivity index (χ2v) is 5.67. The van der Waals surface area contributed by atoms with Crippen LogP contribution in [0.1, 0.15) is 16.6 Å². The van der Waals surface area contributed by atoms with Crippen molar-refractivity contribution in [2.24, 2.45) is 11.7 Å². The normalized spacial score (nSPS) is 25.9. The quantitative estimate of drug-likeness (QED) is 0.819. The summed E-state index contributed by atoms with van der Waals surface area (Å²) in [6, 6.07) is 3.62. The number of nitrogens with zero attached hydrogens (tertiary/aromatic N) is 1. The molecule has 0 saturated carbocycles. The van der Waals surface area contributed by atoms with Crippen LogP contribution in [0.15, 0.2) is 12.1 Å². The van der Waals surface area contributed by atoms with Crippen molar-refractivity contribution in [1.82, 2.24) is 4.90 Å². The summed E-state index contributed by atoms with van der Waals surface area (Å²) in [6.45, 7) is 3.46. The van der Waals surface area contributed by atoms with E-state index < -0.39 is 0 Å². The molecular formula is C10H13ClN2OS. The van der Waals surface area contributed by atoms with Crippen molar-refractivity contribution in [3.63, 3.8) is 0 Å². The fourth-order valence-corrected chi connectivity index (χ4v) is 2.75. The predicted molar refractivity (Wildman–Crippen MR) is 62.4 cm³/mol. The highest BCUT2D eigenvalue weighted by Gasteiger charge is 2.30. The molecule has 0 aromatic carbocycles. The monoisotopic (exact) mass is 244 g/mol. The van der Waals surface area contributed by atoms with Crippen LogP contribution in [0.3, 0.4) is 0 Å². The average molecular weight is 245 g/mol. The highest BCUT2D eigenvalue weighted by atomic mass is 35.5. The Morgan fingerprint density at radius 1 is 1.60 bits per heavy atom. The summed E-state index contributed by atoms with van der Waals surface area (Å²) >= 11 is 7.11. The van der Waals surface area contributed by atoms with E-state index in [0.717, 1.165) is 6.54 Å². The topological polar surface area (TPSA) is 46.3 Å². The van der Waals surface area contributed by atoms with Crippen LogP contribution in [0.5, 0.6) is 0 Å². The fourth-order valence-electron chi connectivity index (χ4n) is 1.74. The van der Waals surface area contributed by atoms with Crippen molar-refractivity contribution >= 4 is 28.8 Å². The lowest BCUT2D eigenvalue weighted by molar-refractivity contribution is 0.0791. The molecule has 1 aliphatic rings. The van der Waals surface area contributed by atoms with Gasteiger partial charge in [0.25, 0.3) is 5.91 Å². The Kier molecular flexibility index (Phi) is 3.00. The molecule has 0 radical (unpaired) electrons. The SMILES string of the molecule is CC1CN(C(=O)c2ccc(Cl)s2)CC1N. The molecule has 1 aliphatic heterocycles. The molecule has 2 atom stereocenters. The first-order valence-electron chi connectivity index (χ1n) is 4.88. The zero-order valence-electron chi connectivity index (χ0n) is 8.44. The van der Waals surface area contributed by atoms with Crippen molar-refractivity contribution in [1.29, 1.82) is 0 Å². The zero-order valence-corrected chi connectivity index (χ0v) is 10.0. The van der Waals surface area contributed by atoms with Gasteiger partial charge in [0.15, 0.2) is 0 Å². The summed E-state index contributed by atoms with van der Waals surface area (Å²) in [5.41, 5.74) is 5.87. The number of rotatable bonds is 1. The Hall–Kier alpha value is -0.580. The Morgan fingerprint density at radius 3 is 2.80 bits per heavy atom. The summed E-state index contributed by atoms with van der Waals surface area (Å²) in [5, 5.41) is 0. The van der Waals surface area contributed by atoms with Gasteiger partial charge in [-0.3, -0.25) is 4.79 Å². The van der Waals surface area contributed by atoms with Crippen LogP contribution in [0, 0.1) is 5.92 Å². The molecule has 15 heavy (non-hydrogen) atoms. The maximum atomic E-state index is 12.0. The van der Waals surface area contributed by atoms with E-state index >= 15 is 0 Å². The average Bonchev–Trinajstić information content (AvgIpc) is 2.74. The zero-order chi connectivity index (χ0) is 11.0. The van der Waals surface area contributed by atoms with Gasteiger partial charge in [0.05, 0.1) is 9.21 Å². The van der Waals surface area contributed by atoms with Gasteiger partial charge in [-0.2, -0.15) is 0 Å². The Morgan fingerprint density at radius 2 is 2.33 bits per heavy atom. The maximum Gasteiger partial charge on any atom is 0.264 e. The molecular weight excluding hydrogens is 232 g/mol. The lowest BCUT2D eigenvalue weighted by Gasteiger charge is -2.14. The van der Waals surface area contributed by atoms with Gasteiger partial charge in [0, 0.05) is 19.1 Å². The van der Waals surface area contributed by atoms with Gasteiger partial charge in [-0.15, -0.1) is 11.3 Å². The lowest BCUT2D eigenvalue weighted by atomic mass is 10.1. The molecule has 2 rings (SSSR count). The third kappa shape index (κ3) is 2.17. The number of carbonyl (C=O) groups is 1. The van der Waals surface area contributed by atoms with Gasteiger partial charge in [0.1, 0.15) is 0 Å². The number of likely N-dealkylation sites (tertiary alicyclic amines) is 1. The second-order valence-electron chi connectivity index (χ2n) is 3.96. The maximum absolute atomic E-state index is 12.0. The molecule has 2 heterocycles. The molecule has 1 saturated heterocycles. The molecule has 0 aliphatic carbocycles. The van der Waals surface area contributed by atoms with E-state index in [1.165, 1.54) is 11.3 Å². The molecule has 5 heteroatoms. The molecule has 2 unspecified atom stereocenters. The van der Waals surface area contributed by atoms with Crippen molar-refractivity contribution in [3.8, 4) is 0 Å². The number of halogens is 1. The number of nitrogens with two attached hydrogens (primary N) is 1. The standard InChI is InChI=1S/C10H13ClN2OS/c1-6-4-13(5-7(6)12)10(14)8-2-3-9(11)15-8/h2-3,6-7H,4-5,12H2,1H3. The van der Waals surface area contributed by atoms with Crippen LogP contribution in [-0.4, -0.2) is 29.9 Å². The van der Waals surface area contributed by atoms with Crippen LogP contribution >= 0.6 is 22.9 Å². The molecule has 0 spiro atoms. The van der Waals surface area contributed by atoms with Crippen molar-refractivity contribution in [3.05, 3.63) is 21.3 Å². The first kappa shape index (κ1) is 10.9. The molecule has 0 bridgehead atoms. The Balaban J connectivity index is 2.10. The summed E-state index contributed by atoms with van der Waals surface area (Å²) in [4.78, 5) is 14.5. The van der Waals surface area contributed by atoms with E-state index in [9.17, 15) is 4.79 Å². The molecule has 1 aromatic rings. The lowest BCUT2D eigenvalue weighted by Crippen LogP contribution is -2.31. The number of thiophene rings is 1. The first-order chi connectivity index (χ1) is 7.08. The Labute approximate surface area is 97.8 Å². The van der Waals surface area contributed by atoms with Crippen LogP contribution in [0.25, 0.3) is 0 Å². The van der Waals surface area contributed by atoms with Gasteiger partial charge >= 0.3 is 0 Å². The van der Waals surface area contributed by atoms with Gasteiger partial charge in [-0.05, 0) is 18.1 Å². The number of carbonyl (C=O) groups excluding carboxylic acids is 1. The number of hydrogen-bond acceptors (Lipinski definition) is 3. The summed E-state index contributed by atoms with van der Waals surface area (Å²) < 4.78 is 0.648. The van der Waals surface area contributed by atoms with E-state index in [-0.39, 0.29) is 11.9 Å². The summed E-state index contributed by atoms with van der Waals surface area (Å²) in [5.74, 6) is 0.427. The van der Waals surface area contributed by atoms with Crippen LogP contribution in [0.4, 0.5) is 0 Å². The van der Waals surface area contributed by atoms with Crippen molar-refractivity contribution in [2.75, 3.05) is 13.1 Å². The molecule has 82 valence electrons. The third-order valence-electron chi connectivity index (χ3n) is 2.74. The smallest absolute Gasteiger partial charge is 0.264 e. The number of amides is 1. The largest absolute Gasteiger partial charge is 0.336 e. The van der Waals surface area contributed by atoms with Gasteiger partial charge < -0.3 is 10.6 Å². The Bertz CT molecular complexity index is 369. The highest BCUT2D eigenvalue weighted by molar-refractivity contribution is 7.17. The van der Waals surface area contributed by atoms with Crippen molar-refractivity contribution < 1.29 is 4.79 Å². The minimum atomic E-state index is 0.0479. The van der Waals surface area contributed by atoms with Crippen molar-refractivity contribution in [2.45, 2.75) is 13.0 Å². The van der Waals surface area contributed by atoms with E-state index in [2.05, 4.69) is 6.92 Å². The minimum absolute atomic E-state index is 0.0479. The van der Waals surface area contributed by atoms with Crippen LogP contribution in [0.2, 0.25) is 4.34 Å². The second kappa shape index (κ2) is 4.12. The van der Waals surface area contributed by atoms with E-state index in [1.807, 2.05) is 0 Å². The fraction of sp³-hybridized carbons (Fsp3) is 0.500. The molecule has 1 aromatic heterocycles. The highest BCUT2D eigenvalue weighted by Crippen LogP contribution is 2.25. The minimum Gasteiger partial charge on any atom is -0.336 e. The number of hydrogen-bond donors (Lipinski definition) is 1. The predicted octanol–water partition coefficient (Wildman–Crippen LogP) is 1.82. The van der Waals surface area contributed by atoms with Crippen LogP contribution < -0.4 is 5.73 Å². The molecule has 2 N–H and O–H groups in total. The third-order valence-corrected chi connectivity index (χ3v) is 3.96. The molecule has 1 fully saturated rings. The van der Waals surface area contributed by atoms with Gasteiger partial charge in [0.2, 0.25) is 0 Å². The van der Waals surface area contributed by atoms with Gasteiger partial charge in [-0.25, -0.2) is 0 Å².